The Labute approximate surface area is 112 Å². The number of hydrazone groups is 1. The molecule has 0 saturated heterocycles. The van der Waals surface area contributed by atoms with E-state index in [9.17, 15) is 9.59 Å². The summed E-state index contributed by atoms with van der Waals surface area (Å²) < 4.78 is 3.88. The summed E-state index contributed by atoms with van der Waals surface area (Å²) in [5, 5.41) is 10.6. The van der Waals surface area contributed by atoms with E-state index in [4.69, 9.17) is 11.1 Å². The number of nitrogens with two attached hydrogens (primary N) is 1. The predicted octanol–water partition coefficient (Wildman–Crippen LogP) is -2.10. The van der Waals surface area contributed by atoms with Gasteiger partial charge in [-0.3, -0.25) is 19.3 Å². The van der Waals surface area contributed by atoms with E-state index in [0.717, 1.165) is 4.57 Å². The molecule has 10 nitrogen and oxygen atoms in total. The molecular formula is C10H14N8O2. The van der Waals surface area contributed by atoms with Crippen LogP contribution in [-0.4, -0.2) is 30.9 Å². The average molecular weight is 278 g/mol. The van der Waals surface area contributed by atoms with E-state index >= 15 is 0 Å². The monoisotopic (exact) mass is 278 g/mol. The van der Waals surface area contributed by atoms with Crippen molar-refractivity contribution in [3.63, 3.8) is 0 Å². The van der Waals surface area contributed by atoms with Gasteiger partial charge in [-0.2, -0.15) is 5.10 Å². The van der Waals surface area contributed by atoms with Crippen LogP contribution >= 0.6 is 0 Å². The highest BCUT2D eigenvalue weighted by atomic mass is 16.2. The lowest BCUT2D eigenvalue weighted by Gasteiger charge is -2.04. The van der Waals surface area contributed by atoms with Crippen LogP contribution in [0.1, 0.15) is 0 Å². The number of aryl methyl sites for hydroxylation is 1. The standard InChI is InChI=1S/C10H14N8O2/c1-16-7-6(8(19)17(2)10(16)20)18(5-13-7)4-3-14-15-9(11)12/h3,5H,4H2,1-2H3,(H4,11,12,15). The molecule has 106 valence electrons. The Morgan fingerprint density at radius 1 is 1.50 bits per heavy atom. The van der Waals surface area contributed by atoms with E-state index in [1.54, 1.807) is 11.6 Å². The Morgan fingerprint density at radius 2 is 2.20 bits per heavy atom. The molecule has 0 aliphatic carbocycles. The maximum atomic E-state index is 12.1. The van der Waals surface area contributed by atoms with Gasteiger partial charge < -0.3 is 10.3 Å². The molecular weight excluding hydrogens is 264 g/mol. The normalized spacial score (nSPS) is 11.3. The number of aromatic nitrogens is 4. The summed E-state index contributed by atoms with van der Waals surface area (Å²) in [4.78, 5) is 27.9. The third-order valence-electron chi connectivity index (χ3n) is 2.77. The third kappa shape index (κ3) is 2.18. The highest BCUT2D eigenvalue weighted by Gasteiger charge is 2.13. The first-order valence-corrected chi connectivity index (χ1v) is 5.66. The maximum absolute atomic E-state index is 12.1. The largest absolute Gasteiger partial charge is 0.369 e. The van der Waals surface area contributed by atoms with E-state index in [0.29, 0.717) is 11.2 Å². The van der Waals surface area contributed by atoms with Crippen LogP contribution in [-0.2, 0) is 20.6 Å². The van der Waals surface area contributed by atoms with Gasteiger partial charge in [0, 0.05) is 20.3 Å². The molecule has 2 heterocycles. The smallest absolute Gasteiger partial charge is 0.332 e. The van der Waals surface area contributed by atoms with Gasteiger partial charge in [-0.05, 0) is 0 Å². The SMILES string of the molecule is Cn1c(=O)c2c(ncn2CC=NNC(=N)N)n(C)c1=O. The van der Waals surface area contributed by atoms with Crippen LogP contribution in [0.5, 0.6) is 0 Å². The van der Waals surface area contributed by atoms with Gasteiger partial charge in [0.05, 0.1) is 12.9 Å². The molecule has 0 radical (unpaired) electrons. The molecule has 2 aromatic heterocycles. The number of rotatable bonds is 3. The molecule has 0 unspecified atom stereocenters. The third-order valence-corrected chi connectivity index (χ3v) is 2.77. The molecule has 0 aliphatic heterocycles. The number of imidazole rings is 1. The minimum atomic E-state index is -0.431. The Morgan fingerprint density at radius 3 is 2.85 bits per heavy atom. The molecule has 2 aromatic rings. The van der Waals surface area contributed by atoms with Crippen molar-refractivity contribution in [1.29, 1.82) is 5.41 Å². The molecule has 0 aromatic carbocycles. The van der Waals surface area contributed by atoms with Crippen molar-refractivity contribution in [1.82, 2.24) is 24.1 Å². The van der Waals surface area contributed by atoms with Gasteiger partial charge in [-0.25, -0.2) is 15.2 Å². The fourth-order valence-electron chi connectivity index (χ4n) is 1.78. The summed E-state index contributed by atoms with van der Waals surface area (Å²) >= 11 is 0. The lowest BCUT2D eigenvalue weighted by atomic mass is 10.5. The zero-order chi connectivity index (χ0) is 14.9. The summed E-state index contributed by atoms with van der Waals surface area (Å²) in [6.07, 6.45) is 2.89. The van der Waals surface area contributed by atoms with E-state index in [1.165, 1.54) is 24.2 Å². The van der Waals surface area contributed by atoms with Crippen LogP contribution in [0.15, 0.2) is 21.0 Å². The molecule has 0 bridgehead atoms. The van der Waals surface area contributed by atoms with Gasteiger partial charge >= 0.3 is 5.69 Å². The lowest BCUT2D eigenvalue weighted by molar-refractivity contribution is 0.704. The Balaban J connectivity index is 2.47. The van der Waals surface area contributed by atoms with Crippen molar-refractivity contribution in [2.24, 2.45) is 24.9 Å². The zero-order valence-corrected chi connectivity index (χ0v) is 11.0. The zero-order valence-electron chi connectivity index (χ0n) is 11.0. The van der Waals surface area contributed by atoms with Crippen molar-refractivity contribution in [2.45, 2.75) is 6.54 Å². The van der Waals surface area contributed by atoms with Crippen LogP contribution in [0, 0.1) is 5.41 Å². The van der Waals surface area contributed by atoms with E-state index in [-0.39, 0.29) is 12.5 Å². The second-order valence-corrected chi connectivity index (χ2v) is 4.11. The van der Waals surface area contributed by atoms with Gasteiger partial charge in [-0.1, -0.05) is 0 Å². The van der Waals surface area contributed by atoms with Crippen molar-refractivity contribution in [3.05, 3.63) is 27.2 Å². The van der Waals surface area contributed by atoms with Gasteiger partial charge in [0.15, 0.2) is 11.2 Å². The second-order valence-electron chi connectivity index (χ2n) is 4.11. The average Bonchev–Trinajstić information content (AvgIpc) is 2.82. The van der Waals surface area contributed by atoms with E-state index < -0.39 is 11.2 Å². The molecule has 20 heavy (non-hydrogen) atoms. The molecule has 0 fully saturated rings. The van der Waals surface area contributed by atoms with Crippen LogP contribution in [0.2, 0.25) is 0 Å². The molecule has 4 N–H and O–H groups in total. The van der Waals surface area contributed by atoms with Crippen molar-refractivity contribution >= 4 is 23.3 Å². The minimum Gasteiger partial charge on any atom is -0.369 e. The van der Waals surface area contributed by atoms with E-state index in [2.05, 4.69) is 15.5 Å². The fourth-order valence-corrected chi connectivity index (χ4v) is 1.78. The molecule has 0 spiro atoms. The first kappa shape index (κ1) is 13.5. The van der Waals surface area contributed by atoms with Crippen molar-refractivity contribution in [3.8, 4) is 0 Å². The quantitative estimate of drug-likeness (QED) is 0.336. The number of hydrogen-bond donors (Lipinski definition) is 3. The Hall–Kier alpha value is -2.91. The highest BCUT2D eigenvalue weighted by Crippen LogP contribution is 2.04. The summed E-state index contributed by atoms with van der Waals surface area (Å²) in [7, 11) is 2.96. The number of hydrogen-bond acceptors (Lipinski definition) is 5. The Kier molecular flexibility index (Phi) is 3.37. The number of nitrogens with one attached hydrogen (secondary N) is 2. The summed E-state index contributed by atoms with van der Waals surface area (Å²) in [6.45, 7) is 0.254. The molecule has 0 atom stereocenters. The number of fused-ring (bicyclic) bond motifs is 1. The predicted molar refractivity (Wildman–Crippen MR) is 73.8 cm³/mol. The van der Waals surface area contributed by atoms with Crippen LogP contribution in [0.25, 0.3) is 11.2 Å². The summed E-state index contributed by atoms with van der Waals surface area (Å²) in [5.41, 5.74) is 7.10. The fraction of sp³-hybridized carbons (Fsp3) is 0.300. The summed E-state index contributed by atoms with van der Waals surface area (Å²) in [6, 6.07) is 0. The number of nitrogens with zero attached hydrogens (tertiary/aromatic N) is 5. The Bertz CT molecular complexity index is 809. The first-order chi connectivity index (χ1) is 9.43. The molecule has 0 aliphatic rings. The topological polar surface area (TPSA) is 136 Å². The van der Waals surface area contributed by atoms with E-state index in [1.807, 2.05) is 0 Å². The minimum absolute atomic E-state index is 0.254. The maximum Gasteiger partial charge on any atom is 0.332 e. The van der Waals surface area contributed by atoms with Crippen LogP contribution in [0.3, 0.4) is 0 Å². The number of guanidine groups is 1. The van der Waals surface area contributed by atoms with Crippen molar-refractivity contribution < 1.29 is 0 Å². The van der Waals surface area contributed by atoms with Crippen LogP contribution < -0.4 is 22.4 Å². The molecule has 0 saturated carbocycles. The first-order valence-electron chi connectivity index (χ1n) is 5.66. The highest BCUT2D eigenvalue weighted by molar-refractivity contribution is 5.75. The van der Waals surface area contributed by atoms with Gasteiger partial charge in [0.1, 0.15) is 0 Å². The lowest BCUT2D eigenvalue weighted by Crippen LogP contribution is -2.37. The van der Waals surface area contributed by atoms with Crippen LogP contribution in [0.4, 0.5) is 0 Å². The molecule has 2 rings (SSSR count). The summed E-state index contributed by atoms with van der Waals surface area (Å²) in [5.74, 6) is -0.282. The molecule has 10 heteroatoms. The molecule has 0 amide bonds. The van der Waals surface area contributed by atoms with Gasteiger partial charge in [0.25, 0.3) is 5.56 Å². The van der Waals surface area contributed by atoms with Gasteiger partial charge in [0.2, 0.25) is 5.96 Å². The van der Waals surface area contributed by atoms with Crippen molar-refractivity contribution in [2.75, 3.05) is 0 Å². The van der Waals surface area contributed by atoms with Gasteiger partial charge in [-0.15, -0.1) is 0 Å². The second kappa shape index (κ2) is 4.99.